The van der Waals surface area contributed by atoms with E-state index in [-0.39, 0.29) is 5.95 Å². The number of nitrogens with one attached hydrogen (secondary N) is 2. The maximum Gasteiger partial charge on any atom is 0.325 e. The minimum Gasteiger partial charge on any atom is -0.481 e. The fraction of sp³-hybridized carbons (Fsp3) is 0.400. The van der Waals surface area contributed by atoms with Crippen LogP contribution in [0.4, 0.5) is 10.7 Å². The molecule has 2 amide bonds. The smallest absolute Gasteiger partial charge is 0.325 e. The van der Waals surface area contributed by atoms with Crippen molar-refractivity contribution in [3.63, 3.8) is 0 Å². The van der Waals surface area contributed by atoms with Crippen molar-refractivity contribution >= 4 is 17.9 Å². The van der Waals surface area contributed by atoms with Gasteiger partial charge in [-0.3, -0.25) is 10.1 Å². The monoisotopic (exact) mass is 254 g/mol. The number of carbonyl (C=O) groups is 2. The molecule has 0 fully saturated rings. The summed E-state index contributed by atoms with van der Waals surface area (Å²) in [5.41, 5.74) is 0.614. The lowest BCUT2D eigenvalue weighted by molar-refractivity contribution is -0.138. The second-order valence-electron chi connectivity index (χ2n) is 3.53. The van der Waals surface area contributed by atoms with Crippen LogP contribution in [-0.4, -0.2) is 40.2 Å². The summed E-state index contributed by atoms with van der Waals surface area (Å²) in [6.07, 6.45) is 0. The van der Waals surface area contributed by atoms with E-state index in [0.717, 1.165) is 0 Å². The Morgan fingerprint density at radius 1 is 1.44 bits per heavy atom. The largest absolute Gasteiger partial charge is 0.481 e. The molecule has 8 heteroatoms. The number of aliphatic carboxylic acids is 1. The summed E-state index contributed by atoms with van der Waals surface area (Å²) >= 11 is 0. The molecule has 0 saturated heterocycles. The summed E-state index contributed by atoms with van der Waals surface area (Å²) in [6.45, 7) is 3.06. The lowest BCUT2D eigenvalue weighted by atomic mass is 10.3. The van der Waals surface area contributed by atoms with Crippen molar-refractivity contribution in [2.45, 2.75) is 19.9 Å². The Balaban J connectivity index is 2.70. The van der Waals surface area contributed by atoms with Gasteiger partial charge in [-0.2, -0.15) is 4.98 Å². The molecule has 1 aromatic heterocycles. The Hall–Kier alpha value is -2.38. The minimum absolute atomic E-state index is 0.0435. The topological polar surface area (TPSA) is 113 Å². The molecule has 0 saturated carbocycles. The summed E-state index contributed by atoms with van der Waals surface area (Å²) < 4.78 is 4.92. The zero-order valence-electron chi connectivity index (χ0n) is 10.2. The summed E-state index contributed by atoms with van der Waals surface area (Å²) in [6, 6.07) is -0.0996. The number of ether oxygens (including phenoxy) is 1. The third-order valence-electron chi connectivity index (χ3n) is 1.98. The number of carboxylic acids is 1. The molecule has 1 rings (SSSR count). The van der Waals surface area contributed by atoms with E-state index in [9.17, 15) is 9.59 Å². The zero-order valence-corrected chi connectivity index (χ0v) is 10.2. The number of hydrogen-bond donors (Lipinski definition) is 3. The number of aryl methyl sites for hydroxylation is 1. The van der Waals surface area contributed by atoms with E-state index >= 15 is 0 Å². The van der Waals surface area contributed by atoms with Crippen LogP contribution in [0.2, 0.25) is 0 Å². The number of carboxylic acid groups (broad SMARTS) is 1. The molecule has 0 radical (unpaired) electrons. The number of methoxy groups -OCH3 is 1. The Bertz CT molecular complexity index is 463. The molecule has 1 aromatic rings. The number of urea groups is 1. The molecule has 0 aliphatic heterocycles. The molecule has 0 aromatic carbocycles. The molecule has 1 atom stereocenters. The van der Waals surface area contributed by atoms with Crippen LogP contribution in [0, 0.1) is 6.92 Å². The first-order valence-electron chi connectivity index (χ1n) is 5.12. The molecule has 0 bridgehead atoms. The highest BCUT2D eigenvalue weighted by Crippen LogP contribution is 2.10. The van der Waals surface area contributed by atoms with E-state index in [2.05, 4.69) is 20.6 Å². The summed E-state index contributed by atoms with van der Waals surface area (Å²) in [5, 5.41) is 13.2. The van der Waals surface area contributed by atoms with Crippen LogP contribution in [0.1, 0.15) is 12.6 Å². The molecular formula is C10H14N4O4. The van der Waals surface area contributed by atoms with Gasteiger partial charge in [0.25, 0.3) is 0 Å². The van der Waals surface area contributed by atoms with Crippen LogP contribution >= 0.6 is 0 Å². The number of anilines is 1. The van der Waals surface area contributed by atoms with Gasteiger partial charge >= 0.3 is 12.0 Å². The molecular weight excluding hydrogens is 240 g/mol. The number of amides is 2. The number of nitrogens with zero attached hydrogens (tertiary/aromatic N) is 2. The number of carbonyl (C=O) groups excluding carboxylic acids is 1. The summed E-state index contributed by atoms with van der Waals surface area (Å²) in [5.74, 6) is -0.779. The SMILES string of the molecule is COc1cc(C)nc(NC(=O)N[C@H](C)C(=O)O)n1. The zero-order chi connectivity index (χ0) is 13.7. The van der Waals surface area contributed by atoms with Gasteiger partial charge in [-0.15, -0.1) is 0 Å². The first-order chi connectivity index (χ1) is 8.42. The minimum atomic E-state index is -1.13. The van der Waals surface area contributed by atoms with Crippen LogP contribution in [-0.2, 0) is 4.79 Å². The molecule has 8 nitrogen and oxygen atoms in total. The average molecular weight is 254 g/mol. The predicted molar refractivity (Wildman–Crippen MR) is 62.6 cm³/mol. The molecule has 98 valence electrons. The van der Waals surface area contributed by atoms with E-state index in [0.29, 0.717) is 11.6 Å². The van der Waals surface area contributed by atoms with Gasteiger partial charge in [-0.1, -0.05) is 0 Å². The highest BCUT2D eigenvalue weighted by Gasteiger charge is 2.14. The Kier molecular flexibility index (Phi) is 4.41. The Labute approximate surface area is 103 Å². The van der Waals surface area contributed by atoms with Crippen molar-refractivity contribution in [3.05, 3.63) is 11.8 Å². The van der Waals surface area contributed by atoms with E-state index in [1.807, 2.05) is 0 Å². The Morgan fingerprint density at radius 3 is 2.67 bits per heavy atom. The molecule has 3 N–H and O–H groups in total. The lowest BCUT2D eigenvalue weighted by Gasteiger charge is -2.10. The molecule has 0 spiro atoms. The van der Waals surface area contributed by atoms with Gasteiger partial charge < -0.3 is 15.2 Å². The van der Waals surface area contributed by atoms with Gasteiger partial charge in [0.15, 0.2) is 0 Å². The Morgan fingerprint density at radius 2 is 2.11 bits per heavy atom. The lowest BCUT2D eigenvalue weighted by Crippen LogP contribution is -2.41. The predicted octanol–water partition coefficient (Wildman–Crippen LogP) is 0.388. The summed E-state index contributed by atoms with van der Waals surface area (Å²) in [4.78, 5) is 29.8. The van der Waals surface area contributed by atoms with Crippen molar-refractivity contribution in [1.82, 2.24) is 15.3 Å². The van der Waals surface area contributed by atoms with Crippen molar-refractivity contribution in [1.29, 1.82) is 0 Å². The van der Waals surface area contributed by atoms with Crippen molar-refractivity contribution in [2.75, 3.05) is 12.4 Å². The van der Waals surface area contributed by atoms with Gasteiger partial charge in [0, 0.05) is 11.8 Å². The quantitative estimate of drug-likeness (QED) is 0.716. The van der Waals surface area contributed by atoms with Gasteiger partial charge in [-0.05, 0) is 13.8 Å². The molecule has 0 aliphatic carbocycles. The third-order valence-corrected chi connectivity index (χ3v) is 1.98. The maximum absolute atomic E-state index is 11.4. The highest BCUT2D eigenvalue weighted by molar-refractivity contribution is 5.90. The normalized spacial score (nSPS) is 11.5. The van der Waals surface area contributed by atoms with Crippen molar-refractivity contribution in [2.24, 2.45) is 0 Å². The summed E-state index contributed by atoms with van der Waals surface area (Å²) in [7, 11) is 1.44. The van der Waals surface area contributed by atoms with Crippen molar-refractivity contribution in [3.8, 4) is 5.88 Å². The van der Waals surface area contributed by atoms with E-state index in [1.165, 1.54) is 14.0 Å². The van der Waals surface area contributed by atoms with E-state index in [4.69, 9.17) is 9.84 Å². The number of hydrogen-bond acceptors (Lipinski definition) is 5. The van der Waals surface area contributed by atoms with Gasteiger partial charge in [0.2, 0.25) is 11.8 Å². The fourth-order valence-corrected chi connectivity index (χ4v) is 1.10. The number of aromatic nitrogens is 2. The first kappa shape index (κ1) is 13.7. The van der Waals surface area contributed by atoms with Crippen LogP contribution < -0.4 is 15.4 Å². The van der Waals surface area contributed by atoms with E-state index in [1.54, 1.807) is 13.0 Å². The average Bonchev–Trinajstić information content (AvgIpc) is 2.27. The molecule has 18 heavy (non-hydrogen) atoms. The molecule has 0 unspecified atom stereocenters. The second kappa shape index (κ2) is 5.80. The second-order valence-corrected chi connectivity index (χ2v) is 3.53. The van der Waals surface area contributed by atoms with Crippen molar-refractivity contribution < 1.29 is 19.4 Å². The van der Waals surface area contributed by atoms with Crippen LogP contribution in [0.3, 0.4) is 0 Å². The maximum atomic E-state index is 11.4. The first-order valence-corrected chi connectivity index (χ1v) is 5.12. The third kappa shape index (κ3) is 3.89. The van der Waals surface area contributed by atoms with E-state index < -0.39 is 18.0 Å². The fourth-order valence-electron chi connectivity index (χ4n) is 1.10. The van der Waals surface area contributed by atoms with Crippen LogP contribution in [0.5, 0.6) is 5.88 Å². The number of rotatable bonds is 4. The van der Waals surface area contributed by atoms with Gasteiger partial charge in [0.05, 0.1) is 7.11 Å². The van der Waals surface area contributed by atoms with Crippen LogP contribution in [0.15, 0.2) is 6.07 Å². The molecule has 1 heterocycles. The van der Waals surface area contributed by atoms with Gasteiger partial charge in [-0.25, -0.2) is 9.78 Å². The van der Waals surface area contributed by atoms with Gasteiger partial charge in [0.1, 0.15) is 6.04 Å². The molecule has 0 aliphatic rings. The standard InChI is InChI=1S/C10H14N4O4/c1-5-4-7(18-3)13-9(11-5)14-10(17)12-6(2)8(15)16/h4,6H,1-3H3,(H,15,16)(H2,11,12,13,14,17)/t6-/m1/s1. The van der Waals surface area contributed by atoms with Crippen LogP contribution in [0.25, 0.3) is 0 Å². The highest BCUT2D eigenvalue weighted by atomic mass is 16.5.